The lowest BCUT2D eigenvalue weighted by Crippen LogP contribution is -2.06. The van der Waals surface area contributed by atoms with Gasteiger partial charge in [0.2, 0.25) is 0 Å². The van der Waals surface area contributed by atoms with Gasteiger partial charge in [-0.25, -0.2) is 4.98 Å². The van der Waals surface area contributed by atoms with E-state index in [1.165, 1.54) is 24.2 Å². The van der Waals surface area contributed by atoms with Crippen molar-refractivity contribution in [3.8, 4) is 0 Å². The van der Waals surface area contributed by atoms with Crippen molar-refractivity contribution in [2.24, 2.45) is 5.73 Å². The van der Waals surface area contributed by atoms with Crippen LogP contribution in [0.2, 0.25) is 0 Å². The van der Waals surface area contributed by atoms with Crippen LogP contribution in [0.3, 0.4) is 0 Å². The van der Waals surface area contributed by atoms with Gasteiger partial charge < -0.3 is 10.1 Å². The molecule has 0 unspecified atom stereocenters. The van der Waals surface area contributed by atoms with Gasteiger partial charge in [-0.2, -0.15) is 0 Å². The SMILES string of the molecule is NCCc1cccc2nc(C3CC3)cn12. The Morgan fingerprint density at radius 1 is 1.40 bits per heavy atom. The smallest absolute Gasteiger partial charge is 0.137 e. The Kier molecular flexibility index (Phi) is 1.99. The number of hydrogen-bond donors (Lipinski definition) is 1. The predicted octanol–water partition coefficient (Wildman–Crippen LogP) is 1.71. The summed E-state index contributed by atoms with van der Waals surface area (Å²) < 4.78 is 2.18. The molecule has 0 aromatic carbocycles. The molecule has 2 heterocycles. The third-order valence-electron chi connectivity index (χ3n) is 2.99. The minimum Gasteiger partial charge on any atom is -0.330 e. The summed E-state index contributed by atoms with van der Waals surface area (Å²) in [6.45, 7) is 0.691. The maximum atomic E-state index is 5.60. The molecule has 1 saturated carbocycles. The third kappa shape index (κ3) is 1.53. The molecule has 2 aromatic heterocycles. The maximum absolute atomic E-state index is 5.60. The highest BCUT2D eigenvalue weighted by molar-refractivity contribution is 5.43. The first-order valence-electron chi connectivity index (χ1n) is 5.55. The van der Waals surface area contributed by atoms with Crippen LogP contribution in [0.5, 0.6) is 0 Å². The summed E-state index contributed by atoms with van der Waals surface area (Å²) in [6.07, 6.45) is 5.70. The number of rotatable bonds is 3. The molecule has 2 aromatic rings. The van der Waals surface area contributed by atoms with Crippen LogP contribution >= 0.6 is 0 Å². The van der Waals surface area contributed by atoms with E-state index in [0.717, 1.165) is 18.0 Å². The molecular weight excluding hydrogens is 186 g/mol. The Morgan fingerprint density at radius 3 is 3.00 bits per heavy atom. The van der Waals surface area contributed by atoms with Crippen molar-refractivity contribution in [2.75, 3.05) is 6.54 Å². The van der Waals surface area contributed by atoms with Crippen molar-refractivity contribution < 1.29 is 0 Å². The Morgan fingerprint density at radius 2 is 2.27 bits per heavy atom. The number of imidazole rings is 1. The number of pyridine rings is 1. The predicted molar refractivity (Wildman–Crippen MR) is 59.9 cm³/mol. The summed E-state index contributed by atoms with van der Waals surface area (Å²) in [7, 11) is 0. The zero-order valence-electron chi connectivity index (χ0n) is 8.69. The van der Waals surface area contributed by atoms with E-state index in [4.69, 9.17) is 5.73 Å². The van der Waals surface area contributed by atoms with Crippen LogP contribution in [0.4, 0.5) is 0 Å². The highest BCUT2D eigenvalue weighted by Crippen LogP contribution is 2.39. The molecule has 0 aliphatic heterocycles. The zero-order chi connectivity index (χ0) is 10.3. The lowest BCUT2D eigenvalue weighted by molar-refractivity contribution is 0.894. The molecular formula is C12H15N3. The quantitative estimate of drug-likeness (QED) is 0.821. The van der Waals surface area contributed by atoms with Crippen molar-refractivity contribution in [3.05, 3.63) is 35.8 Å². The molecule has 0 radical (unpaired) electrons. The van der Waals surface area contributed by atoms with E-state index in [9.17, 15) is 0 Å². The van der Waals surface area contributed by atoms with Crippen LogP contribution in [-0.4, -0.2) is 15.9 Å². The van der Waals surface area contributed by atoms with Crippen molar-refractivity contribution in [2.45, 2.75) is 25.2 Å². The number of nitrogens with zero attached hydrogens (tertiary/aromatic N) is 2. The first-order chi connectivity index (χ1) is 7.38. The second kappa shape index (κ2) is 3.35. The first-order valence-corrected chi connectivity index (χ1v) is 5.55. The molecule has 0 bridgehead atoms. The van der Waals surface area contributed by atoms with Gasteiger partial charge in [-0.15, -0.1) is 0 Å². The lowest BCUT2D eigenvalue weighted by atomic mass is 10.2. The van der Waals surface area contributed by atoms with Crippen molar-refractivity contribution >= 4 is 5.65 Å². The Labute approximate surface area is 88.9 Å². The molecule has 3 nitrogen and oxygen atoms in total. The highest BCUT2D eigenvalue weighted by Gasteiger charge is 2.26. The van der Waals surface area contributed by atoms with E-state index in [-0.39, 0.29) is 0 Å². The number of hydrogen-bond acceptors (Lipinski definition) is 2. The third-order valence-corrected chi connectivity index (χ3v) is 2.99. The molecule has 15 heavy (non-hydrogen) atoms. The molecule has 1 aliphatic rings. The second-order valence-electron chi connectivity index (χ2n) is 4.22. The summed E-state index contributed by atoms with van der Waals surface area (Å²) in [5.74, 6) is 0.718. The Hall–Kier alpha value is -1.35. The van der Waals surface area contributed by atoms with E-state index in [2.05, 4.69) is 33.8 Å². The monoisotopic (exact) mass is 201 g/mol. The maximum Gasteiger partial charge on any atom is 0.137 e. The molecule has 0 atom stereocenters. The fourth-order valence-corrected chi connectivity index (χ4v) is 2.01. The van der Waals surface area contributed by atoms with E-state index in [1.807, 2.05) is 0 Å². The average Bonchev–Trinajstić information content (AvgIpc) is 2.99. The summed E-state index contributed by atoms with van der Waals surface area (Å²) in [5.41, 5.74) is 9.16. The molecule has 78 valence electrons. The van der Waals surface area contributed by atoms with E-state index >= 15 is 0 Å². The molecule has 1 aliphatic carbocycles. The Balaban J connectivity index is 2.11. The van der Waals surface area contributed by atoms with Crippen molar-refractivity contribution in [1.82, 2.24) is 9.38 Å². The Bertz CT molecular complexity index is 483. The summed E-state index contributed by atoms with van der Waals surface area (Å²) >= 11 is 0. The van der Waals surface area contributed by atoms with Crippen LogP contribution in [0.1, 0.15) is 30.1 Å². The molecule has 0 saturated heterocycles. The van der Waals surface area contributed by atoms with Gasteiger partial charge in [0.1, 0.15) is 5.65 Å². The fourth-order valence-electron chi connectivity index (χ4n) is 2.01. The molecule has 3 rings (SSSR count). The van der Waals surface area contributed by atoms with E-state index < -0.39 is 0 Å². The molecule has 3 heteroatoms. The van der Waals surface area contributed by atoms with Crippen LogP contribution in [0, 0.1) is 0 Å². The summed E-state index contributed by atoms with van der Waals surface area (Å²) in [5, 5.41) is 0. The molecule has 0 amide bonds. The van der Waals surface area contributed by atoms with Crippen molar-refractivity contribution in [1.29, 1.82) is 0 Å². The van der Waals surface area contributed by atoms with Gasteiger partial charge in [-0.3, -0.25) is 0 Å². The van der Waals surface area contributed by atoms with Crippen LogP contribution < -0.4 is 5.73 Å². The van der Waals surface area contributed by atoms with Crippen LogP contribution in [0.15, 0.2) is 24.4 Å². The standard InChI is InChI=1S/C12H15N3/c13-7-6-10-2-1-3-12-14-11(8-15(10)12)9-4-5-9/h1-3,8-9H,4-7,13H2. The zero-order valence-corrected chi connectivity index (χ0v) is 8.69. The van der Waals surface area contributed by atoms with Gasteiger partial charge in [0.05, 0.1) is 5.69 Å². The summed E-state index contributed by atoms with van der Waals surface area (Å²) in [6, 6.07) is 6.24. The molecule has 2 N–H and O–H groups in total. The van der Waals surface area contributed by atoms with Crippen molar-refractivity contribution in [3.63, 3.8) is 0 Å². The lowest BCUT2D eigenvalue weighted by Gasteiger charge is -2.02. The summed E-state index contributed by atoms with van der Waals surface area (Å²) in [4.78, 5) is 4.64. The van der Waals surface area contributed by atoms with Gasteiger partial charge >= 0.3 is 0 Å². The van der Waals surface area contributed by atoms with Gasteiger partial charge in [0.25, 0.3) is 0 Å². The van der Waals surface area contributed by atoms with Gasteiger partial charge in [0.15, 0.2) is 0 Å². The van der Waals surface area contributed by atoms with Crippen LogP contribution in [-0.2, 0) is 6.42 Å². The molecule has 1 fully saturated rings. The normalized spacial score (nSPS) is 16.1. The van der Waals surface area contributed by atoms with E-state index in [0.29, 0.717) is 6.54 Å². The minimum atomic E-state index is 0.691. The average molecular weight is 201 g/mol. The minimum absolute atomic E-state index is 0.691. The highest BCUT2D eigenvalue weighted by atomic mass is 15.0. The number of aromatic nitrogens is 2. The van der Waals surface area contributed by atoms with Gasteiger partial charge in [-0.1, -0.05) is 6.07 Å². The number of nitrogens with two attached hydrogens (primary N) is 1. The topological polar surface area (TPSA) is 43.3 Å². The van der Waals surface area contributed by atoms with Crippen LogP contribution in [0.25, 0.3) is 5.65 Å². The second-order valence-corrected chi connectivity index (χ2v) is 4.22. The molecule has 0 spiro atoms. The number of fused-ring (bicyclic) bond motifs is 1. The fraction of sp³-hybridized carbons (Fsp3) is 0.417. The van der Waals surface area contributed by atoms with E-state index in [1.54, 1.807) is 0 Å². The first kappa shape index (κ1) is 8.92. The largest absolute Gasteiger partial charge is 0.330 e. The van der Waals surface area contributed by atoms with Gasteiger partial charge in [-0.05, 0) is 31.5 Å². The van der Waals surface area contributed by atoms with Gasteiger partial charge in [0, 0.05) is 24.2 Å².